The van der Waals surface area contributed by atoms with Gasteiger partial charge in [-0.25, -0.2) is 14.4 Å². The standard InChI is InChI=1S/C37H45FN8O3/c1-24-21-49-36-33-29(15-30(38)34(36)45-22-37(23-45)8-11-40-12-9-37)35(47)26(19-46(24)33)18-44(17-25-7-10-41-32(14-25)48-2)28-4-3-13-43(20-28)27-5-6-31(39)42-16-27/h5-7,10,14-16,19,24,28,40H,3-4,8-9,11-13,17-18,20-23H2,1-2H3,(H2,39,42)/t24?,28-/m0/s1. The van der Waals surface area contributed by atoms with Gasteiger partial charge in [-0.05, 0) is 75.5 Å². The van der Waals surface area contributed by atoms with Crippen LogP contribution in [0.2, 0.25) is 0 Å². The SMILES string of the molecule is COc1cc(CN(Cc2cn3c4c(c(N5CC6(CCNCC6)C5)c(F)cc4c2=O)OCC3C)[C@H]2CCCN(c3ccc(N)nc3)C2)ccn1. The van der Waals surface area contributed by atoms with Crippen LogP contribution in [-0.2, 0) is 13.1 Å². The molecule has 4 aliphatic rings. The number of pyridine rings is 3. The first-order valence-corrected chi connectivity index (χ1v) is 17.5. The zero-order valence-electron chi connectivity index (χ0n) is 28.3. The van der Waals surface area contributed by atoms with Crippen molar-refractivity contribution >= 4 is 28.1 Å². The van der Waals surface area contributed by atoms with Gasteiger partial charge in [0.05, 0.1) is 35.9 Å². The molecule has 49 heavy (non-hydrogen) atoms. The zero-order chi connectivity index (χ0) is 33.7. The maximum atomic E-state index is 16.2. The quantitative estimate of drug-likeness (QED) is 0.281. The van der Waals surface area contributed by atoms with Crippen molar-refractivity contribution < 1.29 is 13.9 Å². The molecule has 4 aliphatic heterocycles. The van der Waals surface area contributed by atoms with Gasteiger partial charge in [0.2, 0.25) is 5.88 Å². The predicted molar refractivity (Wildman–Crippen MR) is 189 cm³/mol. The Hall–Kier alpha value is -4.42. The molecule has 1 aromatic carbocycles. The Balaban J connectivity index is 1.15. The van der Waals surface area contributed by atoms with Crippen LogP contribution in [-0.4, -0.2) is 78.5 Å². The highest BCUT2D eigenvalue weighted by atomic mass is 19.1. The van der Waals surface area contributed by atoms with Crippen molar-refractivity contribution in [1.82, 2.24) is 24.8 Å². The van der Waals surface area contributed by atoms with Crippen LogP contribution < -0.4 is 35.8 Å². The summed E-state index contributed by atoms with van der Waals surface area (Å²) >= 11 is 0. The van der Waals surface area contributed by atoms with Crippen LogP contribution in [0.15, 0.2) is 53.7 Å². The predicted octanol–water partition coefficient (Wildman–Crippen LogP) is 4.34. The Kier molecular flexibility index (Phi) is 8.31. The maximum absolute atomic E-state index is 16.2. The van der Waals surface area contributed by atoms with Crippen LogP contribution in [0.3, 0.4) is 0 Å². The number of nitrogens with one attached hydrogen (secondary N) is 1. The molecule has 3 fully saturated rings. The van der Waals surface area contributed by atoms with Crippen molar-refractivity contribution in [3.8, 4) is 11.6 Å². The number of nitrogen functional groups attached to an aromatic ring is 1. The van der Waals surface area contributed by atoms with Crippen molar-refractivity contribution in [2.45, 2.75) is 57.8 Å². The van der Waals surface area contributed by atoms with Crippen molar-refractivity contribution in [3.05, 3.63) is 76.1 Å². The van der Waals surface area contributed by atoms with Crippen LogP contribution in [0.1, 0.15) is 49.8 Å². The lowest BCUT2D eigenvalue weighted by Crippen LogP contribution is -2.60. The second-order valence-corrected chi connectivity index (χ2v) is 14.4. The molecular formula is C37H45FN8O3. The molecule has 3 N–H and O–H groups in total. The highest BCUT2D eigenvalue weighted by Gasteiger charge is 2.46. The molecule has 8 rings (SSSR count). The summed E-state index contributed by atoms with van der Waals surface area (Å²) in [5.41, 5.74) is 9.86. The van der Waals surface area contributed by atoms with E-state index in [4.69, 9.17) is 15.2 Å². The Labute approximate surface area is 285 Å². The molecule has 0 aliphatic carbocycles. The van der Waals surface area contributed by atoms with E-state index in [2.05, 4.69) is 41.5 Å². The minimum absolute atomic E-state index is 0.0130. The second kappa shape index (κ2) is 12.8. The molecule has 3 aromatic heterocycles. The summed E-state index contributed by atoms with van der Waals surface area (Å²) in [6.45, 7) is 8.82. The third-order valence-corrected chi connectivity index (χ3v) is 11.1. The van der Waals surface area contributed by atoms with Gasteiger partial charge in [-0.15, -0.1) is 0 Å². The molecule has 4 aromatic rings. The van der Waals surface area contributed by atoms with E-state index in [9.17, 15) is 4.79 Å². The lowest BCUT2D eigenvalue weighted by molar-refractivity contribution is 0.147. The second-order valence-electron chi connectivity index (χ2n) is 14.4. The van der Waals surface area contributed by atoms with E-state index in [1.807, 2.05) is 36.7 Å². The number of rotatable bonds is 8. The third kappa shape index (κ3) is 5.94. The Bertz CT molecular complexity index is 1900. The number of hydrogen-bond donors (Lipinski definition) is 2. The number of aromatic nitrogens is 3. The topological polar surface area (TPSA) is 114 Å². The summed E-state index contributed by atoms with van der Waals surface area (Å²) < 4.78 is 30.0. The molecule has 2 atom stereocenters. The van der Waals surface area contributed by atoms with Gasteiger partial charge in [0.25, 0.3) is 0 Å². The van der Waals surface area contributed by atoms with E-state index in [0.717, 1.165) is 76.2 Å². The minimum atomic E-state index is -0.387. The van der Waals surface area contributed by atoms with Gasteiger partial charge >= 0.3 is 0 Å². The number of nitrogens with two attached hydrogens (primary N) is 1. The fraction of sp³-hybridized carbons (Fsp3) is 0.486. The molecule has 0 amide bonds. The molecule has 7 heterocycles. The largest absolute Gasteiger partial charge is 0.487 e. The molecular weight excluding hydrogens is 623 g/mol. The van der Waals surface area contributed by atoms with Crippen LogP contribution in [0.25, 0.3) is 10.9 Å². The van der Waals surface area contributed by atoms with E-state index in [-0.39, 0.29) is 28.7 Å². The molecule has 1 spiro atoms. The van der Waals surface area contributed by atoms with Gasteiger partial charge in [0.15, 0.2) is 17.0 Å². The lowest BCUT2D eigenvalue weighted by Gasteiger charge is -2.54. The van der Waals surface area contributed by atoms with Crippen molar-refractivity contribution in [3.63, 3.8) is 0 Å². The molecule has 0 radical (unpaired) electrons. The molecule has 1 unspecified atom stereocenters. The van der Waals surface area contributed by atoms with E-state index in [0.29, 0.717) is 59.3 Å². The average molecular weight is 669 g/mol. The average Bonchev–Trinajstić information content (AvgIpc) is 3.11. The van der Waals surface area contributed by atoms with Crippen LogP contribution in [0.5, 0.6) is 11.6 Å². The Morgan fingerprint density at radius 3 is 2.76 bits per heavy atom. The molecule has 0 bridgehead atoms. The number of hydrogen-bond acceptors (Lipinski definition) is 10. The van der Waals surface area contributed by atoms with E-state index < -0.39 is 0 Å². The van der Waals surface area contributed by atoms with Crippen LogP contribution in [0.4, 0.5) is 21.6 Å². The monoisotopic (exact) mass is 668 g/mol. The maximum Gasteiger partial charge on any atom is 0.213 e. The van der Waals surface area contributed by atoms with Crippen LogP contribution in [0, 0.1) is 11.2 Å². The lowest BCUT2D eigenvalue weighted by atomic mass is 9.72. The van der Waals surface area contributed by atoms with Crippen molar-refractivity contribution in [2.75, 3.05) is 68.5 Å². The number of piperidine rings is 2. The Morgan fingerprint density at radius 1 is 1.14 bits per heavy atom. The normalized spacial score (nSPS) is 21.6. The smallest absolute Gasteiger partial charge is 0.213 e. The van der Waals surface area contributed by atoms with Crippen molar-refractivity contribution in [2.24, 2.45) is 5.41 Å². The first kappa shape index (κ1) is 31.8. The number of methoxy groups -OCH3 is 1. The number of anilines is 3. The van der Waals surface area contributed by atoms with Gasteiger partial charge in [-0.2, -0.15) is 0 Å². The highest BCUT2D eigenvalue weighted by molar-refractivity contribution is 5.92. The fourth-order valence-corrected chi connectivity index (χ4v) is 8.37. The van der Waals surface area contributed by atoms with Gasteiger partial charge in [-0.1, -0.05) is 0 Å². The number of nitrogens with zero attached hydrogens (tertiary/aromatic N) is 6. The summed E-state index contributed by atoms with van der Waals surface area (Å²) in [5, 5.41) is 3.82. The van der Waals surface area contributed by atoms with Gasteiger partial charge in [0.1, 0.15) is 18.1 Å². The van der Waals surface area contributed by atoms with Gasteiger partial charge < -0.3 is 34.9 Å². The molecule has 11 nitrogen and oxygen atoms in total. The van der Waals surface area contributed by atoms with Crippen molar-refractivity contribution in [1.29, 1.82) is 0 Å². The summed E-state index contributed by atoms with van der Waals surface area (Å²) in [5.74, 6) is 1.16. The summed E-state index contributed by atoms with van der Waals surface area (Å²) in [7, 11) is 1.61. The van der Waals surface area contributed by atoms with Crippen LogP contribution >= 0.6 is 0 Å². The number of ether oxygens (including phenoxy) is 2. The molecule has 0 saturated carbocycles. The van der Waals surface area contributed by atoms with Gasteiger partial charge in [-0.3, -0.25) is 9.69 Å². The fourth-order valence-electron chi connectivity index (χ4n) is 8.37. The molecule has 3 saturated heterocycles. The van der Waals surface area contributed by atoms with E-state index in [1.54, 1.807) is 13.3 Å². The molecule has 258 valence electrons. The minimum Gasteiger partial charge on any atom is -0.487 e. The summed E-state index contributed by atoms with van der Waals surface area (Å²) in [6, 6.07) is 9.37. The number of halogens is 1. The first-order chi connectivity index (χ1) is 23.8. The highest BCUT2D eigenvalue weighted by Crippen LogP contribution is 2.48. The molecule has 12 heteroatoms. The van der Waals surface area contributed by atoms with Gasteiger partial charge in [0, 0.05) is 74.7 Å². The summed E-state index contributed by atoms with van der Waals surface area (Å²) in [6.07, 6.45) is 9.74. The third-order valence-electron chi connectivity index (χ3n) is 11.1. The zero-order valence-corrected chi connectivity index (χ0v) is 28.3. The van der Waals surface area contributed by atoms with E-state index in [1.165, 1.54) is 6.07 Å². The summed E-state index contributed by atoms with van der Waals surface area (Å²) in [4.78, 5) is 29.8. The van der Waals surface area contributed by atoms with E-state index >= 15 is 4.39 Å². The Morgan fingerprint density at radius 2 is 1.98 bits per heavy atom. The first-order valence-electron chi connectivity index (χ1n) is 17.5. The number of benzene rings is 1.